The first kappa shape index (κ1) is 29.2. The largest absolute Gasteiger partial charge is 0.458 e. The van der Waals surface area contributed by atoms with E-state index in [4.69, 9.17) is 19.0 Å². The van der Waals surface area contributed by atoms with Crippen molar-refractivity contribution in [1.29, 1.82) is 0 Å². The van der Waals surface area contributed by atoms with E-state index in [1.54, 1.807) is 5.06 Å². The van der Waals surface area contributed by atoms with Gasteiger partial charge in [-0.05, 0) is 53.1 Å². The summed E-state index contributed by atoms with van der Waals surface area (Å²) < 4.78 is 20.7. The molecule has 6 atom stereocenters. The number of hydroxylamine groups is 2. The first-order valence-corrected chi connectivity index (χ1v) is 15.6. The Kier molecular flexibility index (Phi) is 9.19. The number of aliphatic hydroxyl groups is 1. The number of benzene rings is 1. The molecule has 3 saturated heterocycles. The summed E-state index contributed by atoms with van der Waals surface area (Å²) in [7, 11) is 0. The average Bonchev–Trinajstić information content (AvgIpc) is 3.46. The molecule has 1 aromatic rings. The summed E-state index contributed by atoms with van der Waals surface area (Å²) in [5.41, 5.74) is -0.236. The van der Waals surface area contributed by atoms with Gasteiger partial charge in [-0.2, -0.15) is 5.06 Å². The lowest BCUT2D eigenvalue weighted by molar-refractivity contribution is -0.224. The molecule has 4 fully saturated rings. The van der Waals surface area contributed by atoms with Gasteiger partial charge in [-0.1, -0.05) is 51.7 Å². The van der Waals surface area contributed by atoms with E-state index in [0.717, 1.165) is 60.5 Å². The Morgan fingerprint density at radius 1 is 1.13 bits per heavy atom. The molecule has 2 N–H and O–H groups in total. The number of unbranched alkanes of at least 4 members (excludes halogenated alkanes) is 4. The van der Waals surface area contributed by atoms with Crippen molar-refractivity contribution in [3.63, 3.8) is 0 Å². The van der Waals surface area contributed by atoms with Gasteiger partial charge in [0.15, 0.2) is 11.8 Å². The van der Waals surface area contributed by atoms with Crippen molar-refractivity contribution in [3.8, 4) is 0 Å². The second kappa shape index (κ2) is 12.3. The Labute approximate surface area is 244 Å². The molecule has 0 aromatic heterocycles. The highest BCUT2D eigenvalue weighted by atomic mass is 127. The number of hydrogen-bond acceptors (Lipinski definition) is 8. The molecule has 5 rings (SSSR count). The molecule has 1 amide bonds. The molecule has 0 spiro atoms. The second-order valence-corrected chi connectivity index (χ2v) is 12.6. The predicted molar refractivity (Wildman–Crippen MR) is 151 cm³/mol. The van der Waals surface area contributed by atoms with Gasteiger partial charge in [0.2, 0.25) is 5.91 Å². The number of ether oxygens (including phenoxy) is 3. The van der Waals surface area contributed by atoms with Crippen molar-refractivity contribution in [2.24, 2.45) is 5.41 Å². The van der Waals surface area contributed by atoms with Gasteiger partial charge in [-0.3, -0.25) is 14.4 Å². The van der Waals surface area contributed by atoms with Crippen molar-refractivity contribution in [1.82, 2.24) is 10.4 Å². The maximum absolute atomic E-state index is 13.9. The van der Waals surface area contributed by atoms with Gasteiger partial charge in [0.1, 0.15) is 29.8 Å². The zero-order chi connectivity index (χ0) is 27.6. The van der Waals surface area contributed by atoms with Crippen LogP contribution in [0.5, 0.6) is 0 Å². The van der Waals surface area contributed by atoms with Crippen molar-refractivity contribution in [3.05, 3.63) is 33.4 Å². The van der Waals surface area contributed by atoms with Crippen LogP contribution in [0.4, 0.5) is 0 Å². The normalized spacial score (nSPS) is 32.6. The van der Waals surface area contributed by atoms with Crippen LogP contribution in [-0.2, 0) is 35.2 Å². The summed E-state index contributed by atoms with van der Waals surface area (Å²) in [5, 5.41) is 13.9. The number of esters is 1. The smallest absolute Gasteiger partial charge is 0.327 e. The molecular formula is C29H41IN2O7. The number of carbonyl (C=O) groups is 2. The Balaban J connectivity index is 1.50. The number of halogens is 1. The minimum Gasteiger partial charge on any atom is -0.458 e. The molecule has 1 saturated carbocycles. The maximum atomic E-state index is 13.9. The minimum atomic E-state index is -1.20. The fourth-order valence-electron chi connectivity index (χ4n) is 6.85. The van der Waals surface area contributed by atoms with Gasteiger partial charge in [-0.15, -0.1) is 0 Å². The van der Waals surface area contributed by atoms with Crippen LogP contribution in [0.15, 0.2) is 24.3 Å². The Morgan fingerprint density at radius 3 is 2.51 bits per heavy atom. The highest BCUT2D eigenvalue weighted by molar-refractivity contribution is 14.1. The molecule has 1 aromatic carbocycles. The minimum absolute atomic E-state index is 0.0973. The number of nitrogens with one attached hydrogen (secondary N) is 1. The molecule has 216 valence electrons. The van der Waals surface area contributed by atoms with E-state index in [1.807, 2.05) is 24.3 Å². The quantitative estimate of drug-likeness (QED) is 0.188. The van der Waals surface area contributed by atoms with Crippen LogP contribution in [-0.4, -0.2) is 71.4 Å². The number of amides is 1. The molecule has 3 heterocycles. The van der Waals surface area contributed by atoms with E-state index in [9.17, 15) is 14.7 Å². The monoisotopic (exact) mass is 656 g/mol. The van der Waals surface area contributed by atoms with Gasteiger partial charge in [0, 0.05) is 29.4 Å². The summed E-state index contributed by atoms with van der Waals surface area (Å²) in [6, 6.07) is 7.06. The van der Waals surface area contributed by atoms with Crippen molar-refractivity contribution < 1.29 is 33.7 Å². The van der Waals surface area contributed by atoms with Crippen LogP contribution in [0, 0.1) is 8.99 Å². The molecular weight excluding hydrogens is 615 g/mol. The summed E-state index contributed by atoms with van der Waals surface area (Å²) in [6.45, 7) is 4.57. The molecule has 3 aliphatic heterocycles. The third kappa shape index (κ3) is 5.49. The molecule has 2 bridgehead atoms. The zero-order valence-electron chi connectivity index (χ0n) is 22.9. The van der Waals surface area contributed by atoms with Gasteiger partial charge in [0.05, 0.1) is 13.2 Å². The lowest BCUT2D eigenvalue weighted by Gasteiger charge is -2.48. The summed E-state index contributed by atoms with van der Waals surface area (Å²) in [4.78, 5) is 34.1. The van der Waals surface area contributed by atoms with Crippen LogP contribution < -0.4 is 5.32 Å². The maximum Gasteiger partial charge on any atom is 0.327 e. The van der Waals surface area contributed by atoms with Crippen molar-refractivity contribution in [2.45, 2.75) is 114 Å². The first-order chi connectivity index (χ1) is 18.9. The van der Waals surface area contributed by atoms with Gasteiger partial charge >= 0.3 is 5.97 Å². The number of hydrogen-bond donors (Lipinski definition) is 2. The summed E-state index contributed by atoms with van der Waals surface area (Å²) >= 11 is 2.26. The van der Waals surface area contributed by atoms with Crippen LogP contribution in [0.3, 0.4) is 0 Å². The Bertz CT molecular complexity index is 1030. The fourth-order valence-corrected chi connectivity index (χ4v) is 7.45. The molecule has 10 heteroatoms. The number of rotatable bonds is 13. The number of aliphatic hydroxyl groups excluding tert-OH is 1. The lowest BCUT2D eigenvalue weighted by atomic mass is 9.62. The Morgan fingerprint density at radius 2 is 1.85 bits per heavy atom. The summed E-state index contributed by atoms with van der Waals surface area (Å²) in [6.07, 6.45) is 5.72. The number of carbonyl (C=O) groups excluding carboxylic acids is 2. The predicted octanol–water partition coefficient (Wildman–Crippen LogP) is 3.84. The molecule has 9 nitrogen and oxygen atoms in total. The van der Waals surface area contributed by atoms with Crippen LogP contribution in [0.2, 0.25) is 0 Å². The third-order valence-electron chi connectivity index (χ3n) is 8.62. The SMILES string of the molecule is CCCCCC1(CCCCC)O[C@@H]2[C@H](O1)[C@H]1ON(Cc3cccc(I)c3)[C@H]3C(=O)O[C@@H]2C[C@@]13C(=O)NCCO. The van der Waals surface area contributed by atoms with Crippen LogP contribution in [0.25, 0.3) is 0 Å². The van der Waals surface area contributed by atoms with E-state index in [0.29, 0.717) is 13.0 Å². The van der Waals surface area contributed by atoms with Gasteiger partial charge in [0.25, 0.3) is 0 Å². The Hall–Kier alpha value is -1.31. The van der Waals surface area contributed by atoms with Gasteiger partial charge in [-0.25, -0.2) is 0 Å². The lowest BCUT2D eigenvalue weighted by Crippen LogP contribution is -2.69. The van der Waals surface area contributed by atoms with Crippen LogP contribution in [0.1, 0.15) is 77.2 Å². The van der Waals surface area contributed by atoms with Gasteiger partial charge < -0.3 is 24.6 Å². The van der Waals surface area contributed by atoms with E-state index < -0.39 is 47.6 Å². The molecule has 1 aliphatic carbocycles. The highest BCUT2D eigenvalue weighted by Gasteiger charge is 2.76. The first-order valence-electron chi connectivity index (χ1n) is 14.5. The van der Waals surface area contributed by atoms with E-state index in [1.165, 1.54) is 0 Å². The zero-order valence-corrected chi connectivity index (χ0v) is 25.1. The van der Waals surface area contributed by atoms with E-state index in [2.05, 4.69) is 41.8 Å². The topological polar surface area (TPSA) is 107 Å². The van der Waals surface area contributed by atoms with E-state index >= 15 is 0 Å². The van der Waals surface area contributed by atoms with Crippen molar-refractivity contribution >= 4 is 34.5 Å². The summed E-state index contributed by atoms with van der Waals surface area (Å²) in [5.74, 6) is -1.57. The van der Waals surface area contributed by atoms with E-state index in [-0.39, 0.29) is 19.1 Å². The number of nitrogens with zero attached hydrogens (tertiary/aromatic N) is 1. The van der Waals surface area contributed by atoms with Crippen LogP contribution >= 0.6 is 22.6 Å². The molecule has 0 unspecified atom stereocenters. The fraction of sp³-hybridized carbons (Fsp3) is 0.724. The number of fused-ring (bicyclic) bond motifs is 4. The standard InChI is InChI=1S/C29H41IN2O7/c1-3-5-7-12-28(13-8-6-4-2)37-22-21-17-29(27(35)31-14-15-33)24(26(34)36-21)32(39-25(29)23(22)38-28)18-19-10-9-11-20(30)16-19/h9-11,16,21-25,33H,3-8,12-15,17-18H2,1-2H3,(H,31,35)/t21-,22+,23+,24+,25-,29+/m1/s1. The second-order valence-electron chi connectivity index (χ2n) is 11.3. The third-order valence-corrected chi connectivity index (χ3v) is 9.29. The highest BCUT2D eigenvalue weighted by Crippen LogP contribution is 2.58. The molecule has 39 heavy (non-hydrogen) atoms. The average molecular weight is 657 g/mol. The van der Waals surface area contributed by atoms with Crippen molar-refractivity contribution in [2.75, 3.05) is 13.2 Å². The molecule has 4 aliphatic rings. The molecule has 0 radical (unpaired) electrons.